The van der Waals surface area contributed by atoms with Gasteiger partial charge < -0.3 is 26.6 Å². The van der Waals surface area contributed by atoms with Gasteiger partial charge in [0.1, 0.15) is 0 Å². The molecule has 47 heavy (non-hydrogen) atoms. The summed E-state index contributed by atoms with van der Waals surface area (Å²) >= 11 is 9.28. The van der Waals surface area contributed by atoms with E-state index in [-0.39, 0.29) is 38.1 Å². The number of hydrogen-bond donors (Lipinski definition) is 7. The molecule has 0 aliphatic carbocycles. The molecule has 0 fully saturated rings. The molecule has 0 radical (unpaired) electrons. The van der Waals surface area contributed by atoms with E-state index in [1.807, 2.05) is 72.8 Å². The first-order valence-electron chi connectivity index (χ1n) is 13.1. The van der Waals surface area contributed by atoms with Crippen LogP contribution < -0.4 is 33.4 Å². The number of hydrogen-bond acceptors (Lipinski definition) is 8. The van der Waals surface area contributed by atoms with E-state index in [2.05, 4.69) is 55.5 Å². The maximum absolute atomic E-state index is 12.1. The van der Waals surface area contributed by atoms with Crippen LogP contribution in [0.3, 0.4) is 0 Å². The van der Waals surface area contributed by atoms with E-state index in [4.69, 9.17) is 26.8 Å². The van der Waals surface area contributed by atoms with E-state index in [0.29, 0.717) is 11.1 Å². The third-order valence-electron chi connectivity index (χ3n) is 6.30. The molecule has 0 aliphatic rings. The fourth-order valence-electron chi connectivity index (χ4n) is 4.46. The topological polar surface area (TPSA) is 230 Å². The van der Waals surface area contributed by atoms with Crippen molar-refractivity contribution in [1.82, 2.24) is 20.8 Å². The average molecular weight is 715 g/mol. The minimum absolute atomic E-state index is 0. The van der Waals surface area contributed by atoms with Crippen LogP contribution in [0.4, 0.5) is 0 Å². The SMILES string of the molecule is NC(=S)N/N=C/c1cc2ccc3ccccc3c2[nH]c1=O.NC(=S)N/N=C/c1cc2ccc3ccccc3c2[nH]c1=O.O=[N+]([O-])O.[Co+3]. The molecule has 0 amide bonds. The molecule has 0 atom stereocenters. The molecule has 4 aromatic carbocycles. The number of hydrazone groups is 2. The first-order valence-corrected chi connectivity index (χ1v) is 13.9. The van der Waals surface area contributed by atoms with Crippen molar-refractivity contribution in [1.29, 1.82) is 0 Å². The number of fused-ring (bicyclic) bond motifs is 6. The van der Waals surface area contributed by atoms with Gasteiger partial charge in [-0.15, -0.1) is 10.1 Å². The van der Waals surface area contributed by atoms with Gasteiger partial charge in [0.05, 0.1) is 34.6 Å². The van der Waals surface area contributed by atoms with Crippen LogP contribution in [-0.2, 0) is 16.8 Å². The summed E-state index contributed by atoms with van der Waals surface area (Å²) in [5.74, 6) is 0. The number of rotatable bonds is 4. The first-order chi connectivity index (χ1) is 22.0. The van der Waals surface area contributed by atoms with E-state index >= 15 is 0 Å². The molecule has 17 heteroatoms. The Bertz CT molecular complexity index is 2130. The molecule has 0 spiro atoms. The molecule has 0 aliphatic heterocycles. The van der Waals surface area contributed by atoms with Crippen LogP contribution >= 0.6 is 24.4 Å². The van der Waals surface area contributed by atoms with Crippen LogP contribution in [0.15, 0.2) is 105 Å². The summed E-state index contributed by atoms with van der Waals surface area (Å²) in [6.07, 6.45) is 2.79. The molecule has 9 N–H and O–H groups in total. The van der Waals surface area contributed by atoms with E-state index in [9.17, 15) is 9.59 Å². The van der Waals surface area contributed by atoms with Gasteiger partial charge in [-0.2, -0.15) is 10.2 Å². The largest absolute Gasteiger partial charge is 3.00 e. The number of thiocarbonyl (C=S) groups is 2. The van der Waals surface area contributed by atoms with Gasteiger partial charge in [-0.05, 0) is 58.1 Å². The molecule has 0 saturated heterocycles. The van der Waals surface area contributed by atoms with Gasteiger partial charge in [-0.1, -0.05) is 72.8 Å². The molecule has 2 heterocycles. The van der Waals surface area contributed by atoms with Crippen LogP contribution in [0.25, 0.3) is 43.4 Å². The fraction of sp³-hybridized carbons (Fsp3) is 0. The van der Waals surface area contributed by atoms with Crippen molar-refractivity contribution < 1.29 is 27.1 Å². The second kappa shape index (κ2) is 16.5. The normalized spacial score (nSPS) is 10.6. The summed E-state index contributed by atoms with van der Waals surface area (Å²) in [4.78, 5) is 38.4. The monoisotopic (exact) mass is 714 g/mol. The number of nitrogens with one attached hydrogen (secondary N) is 4. The van der Waals surface area contributed by atoms with Crippen molar-refractivity contribution >= 4 is 90.4 Å². The summed E-state index contributed by atoms with van der Waals surface area (Å²) in [7, 11) is 0. The van der Waals surface area contributed by atoms with Crippen LogP contribution in [0.5, 0.6) is 0 Å². The van der Waals surface area contributed by atoms with Crippen LogP contribution in [0.1, 0.15) is 11.1 Å². The number of H-pyrrole nitrogens is 2. The molecule has 6 rings (SSSR count). The maximum Gasteiger partial charge on any atom is 3.00 e. The van der Waals surface area contributed by atoms with Crippen molar-refractivity contribution in [2.45, 2.75) is 0 Å². The molecule has 2 aromatic heterocycles. The molecule has 238 valence electrons. The summed E-state index contributed by atoms with van der Waals surface area (Å²) in [5, 5.41) is 27.4. The Morgan fingerprint density at radius 1 is 0.723 bits per heavy atom. The van der Waals surface area contributed by atoms with Crippen molar-refractivity contribution in [3.8, 4) is 0 Å². The van der Waals surface area contributed by atoms with Gasteiger partial charge in [0.15, 0.2) is 10.2 Å². The van der Waals surface area contributed by atoms with Gasteiger partial charge >= 0.3 is 16.8 Å². The van der Waals surface area contributed by atoms with E-state index in [0.717, 1.165) is 43.4 Å². The van der Waals surface area contributed by atoms with Crippen LogP contribution in [0, 0.1) is 10.1 Å². The minimum atomic E-state index is -1.50. The van der Waals surface area contributed by atoms with Crippen molar-refractivity contribution in [3.05, 3.63) is 127 Å². The number of pyridine rings is 2. The Kier molecular flexibility index (Phi) is 12.6. The Morgan fingerprint density at radius 2 is 1.06 bits per heavy atom. The zero-order valence-electron chi connectivity index (χ0n) is 24.0. The Morgan fingerprint density at radius 3 is 1.43 bits per heavy atom. The predicted molar refractivity (Wildman–Crippen MR) is 188 cm³/mol. The van der Waals surface area contributed by atoms with E-state index in [1.165, 1.54) is 12.4 Å². The fourth-order valence-corrected chi connectivity index (χ4v) is 4.56. The van der Waals surface area contributed by atoms with Crippen LogP contribution in [-0.4, -0.2) is 42.9 Å². The van der Waals surface area contributed by atoms with Gasteiger partial charge in [0.2, 0.25) is 0 Å². The molecular weight excluding hydrogens is 689 g/mol. The smallest absolute Gasteiger partial charge is 0.375 e. The Hall–Kier alpha value is -5.75. The Balaban J connectivity index is 0.000000225. The quantitative estimate of drug-likeness (QED) is 0.0460. The van der Waals surface area contributed by atoms with Crippen molar-refractivity contribution in [2.24, 2.45) is 21.7 Å². The summed E-state index contributed by atoms with van der Waals surface area (Å²) in [6, 6.07) is 27.3. The molecule has 0 bridgehead atoms. The molecular formula is C30H25CoN9O5S2+3. The third kappa shape index (κ3) is 9.62. The number of aromatic amines is 2. The summed E-state index contributed by atoms with van der Waals surface area (Å²) in [6.45, 7) is 0. The Labute approximate surface area is 285 Å². The predicted octanol–water partition coefficient (Wildman–Crippen LogP) is 3.35. The number of benzene rings is 4. The van der Waals surface area contributed by atoms with Gasteiger partial charge in [0, 0.05) is 10.8 Å². The van der Waals surface area contributed by atoms with Gasteiger partial charge in [0.25, 0.3) is 16.2 Å². The standard InChI is InChI=1S/2C15H12N4OS.Co.HNO3/c2*16-15(21)19-17-8-11-7-10-6-5-9-3-1-2-4-12(9)13(10)18-14(11)20;;2-1(3)4/h2*1-8H,(H,18,20)(H3,16,19,21);;(H,2,3,4)/q;;+3;/b2*17-8+;;. The second-order valence-corrected chi connectivity index (χ2v) is 10.2. The number of nitrogens with zero attached hydrogens (tertiary/aromatic N) is 3. The molecule has 14 nitrogen and oxygen atoms in total. The van der Waals surface area contributed by atoms with E-state index < -0.39 is 5.09 Å². The number of aromatic nitrogens is 2. The van der Waals surface area contributed by atoms with Gasteiger partial charge in [-0.25, -0.2) is 0 Å². The van der Waals surface area contributed by atoms with Gasteiger partial charge in [-0.3, -0.25) is 20.4 Å². The zero-order chi connectivity index (χ0) is 33.2. The number of nitrogens with two attached hydrogens (primary N) is 2. The summed E-state index contributed by atoms with van der Waals surface area (Å²) in [5.41, 5.74) is 17.5. The van der Waals surface area contributed by atoms with E-state index in [1.54, 1.807) is 12.1 Å². The zero-order valence-corrected chi connectivity index (χ0v) is 26.6. The average Bonchev–Trinajstić information content (AvgIpc) is 3.01. The second-order valence-electron chi connectivity index (χ2n) is 9.32. The summed E-state index contributed by atoms with van der Waals surface area (Å²) < 4.78 is 0. The van der Waals surface area contributed by atoms with Crippen molar-refractivity contribution in [2.75, 3.05) is 0 Å². The third-order valence-corrected chi connectivity index (χ3v) is 6.49. The van der Waals surface area contributed by atoms with Crippen molar-refractivity contribution in [3.63, 3.8) is 0 Å². The molecule has 0 saturated carbocycles. The molecule has 0 unspecified atom stereocenters. The first kappa shape index (κ1) is 35.7. The minimum Gasteiger partial charge on any atom is -0.375 e. The van der Waals surface area contributed by atoms with Crippen LogP contribution in [0.2, 0.25) is 0 Å². The maximum atomic E-state index is 12.1. The molecule has 6 aromatic rings.